The van der Waals surface area contributed by atoms with Gasteiger partial charge >= 0.3 is 0 Å². The average molecular weight is 299 g/mol. The highest BCUT2D eigenvalue weighted by molar-refractivity contribution is 9.10. The van der Waals surface area contributed by atoms with Crippen molar-refractivity contribution in [3.63, 3.8) is 0 Å². The van der Waals surface area contributed by atoms with Crippen LogP contribution in [0.4, 0.5) is 0 Å². The summed E-state index contributed by atoms with van der Waals surface area (Å²) in [5.41, 5.74) is 6.61. The largest absolute Gasteiger partial charge is 0.0767 e. The zero-order valence-corrected chi connectivity index (χ0v) is 12.2. The maximum Gasteiger partial charge on any atom is 0.0259 e. The summed E-state index contributed by atoms with van der Waals surface area (Å²) in [4.78, 5) is 0. The molecule has 90 valence electrons. The Bertz CT molecular complexity index is 621. The van der Waals surface area contributed by atoms with E-state index in [2.05, 4.69) is 78.3 Å². The second-order valence-corrected chi connectivity index (χ2v) is 5.83. The molecule has 0 nitrogen and oxygen atoms in total. The van der Waals surface area contributed by atoms with Crippen molar-refractivity contribution in [2.75, 3.05) is 0 Å². The van der Waals surface area contributed by atoms with Crippen LogP contribution in [0.3, 0.4) is 0 Å². The van der Waals surface area contributed by atoms with Gasteiger partial charge in [-0.1, -0.05) is 64.8 Å². The molecule has 0 amide bonds. The molecule has 0 spiro atoms. The Hall–Kier alpha value is -1.34. The smallest absolute Gasteiger partial charge is 0.0259 e. The van der Waals surface area contributed by atoms with Crippen LogP contribution in [-0.2, 0) is 0 Å². The summed E-state index contributed by atoms with van der Waals surface area (Å²) in [6.07, 6.45) is 4.47. The average Bonchev–Trinajstić information content (AvgIpc) is 2.71. The first-order chi connectivity index (χ1) is 8.65. The molecule has 1 heteroatoms. The lowest BCUT2D eigenvalue weighted by Gasteiger charge is -2.11. The first-order valence-corrected chi connectivity index (χ1v) is 7.03. The Balaban J connectivity index is 2.14. The van der Waals surface area contributed by atoms with Crippen LogP contribution in [0.25, 0.3) is 17.2 Å². The monoisotopic (exact) mass is 298 g/mol. The van der Waals surface area contributed by atoms with E-state index in [1.54, 1.807) is 0 Å². The SMILES string of the molecule is Cc1ccc(-c2cc3c(cc2Br)C=CC3C)cc1. The van der Waals surface area contributed by atoms with Crippen molar-refractivity contribution < 1.29 is 0 Å². The zero-order chi connectivity index (χ0) is 12.7. The summed E-state index contributed by atoms with van der Waals surface area (Å²) in [7, 11) is 0. The van der Waals surface area contributed by atoms with E-state index in [4.69, 9.17) is 0 Å². The molecule has 1 atom stereocenters. The van der Waals surface area contributed by atoms with Gasteiger partial charge in [-0.05, 0) is 47.2 Å². The summed E-state index contributed by atoms with van der Waals surface area (Å²) in [5.74, 6) is 0.525. The van der Waals surface area contributed by atoms with Gasteiger partial charge in [-0.3, -0.25) is 0 Å². The Morgan fingerprint density at radius 2 is 1.78 bits per heavy atom. The Morgan fingerprint density at radius 3 is 2.50 bits per heavy atom. The molecule has 1 aliphatic carbocycles. The van der Waals surface area contributed by atoms with Crippen LogP contribution in [-0.4, -0.2) is 0 Å². The predicted molar refractivity (Wildman–Crippen MR) is 81.8 cm³/mol. The van der Waals surface area contributed by atoms with Crippen LogP contribution in [0.1, 0.15) is 29.5 Å². The van der Waals surface area contributed by atoms with Gasteiger partial charge < -0.3 is 0 Å². The first kappa shape index (κ1) is 11.7. The van der Waals surface area contributed by atoms with E-state index >= 15 is 0 Å². The minimum absolute atomic E-state index is 0.525. The van der Waals surface area contributed by atoms with E-state index in [1.807, 2.05) is 0 Å². The normalized spacial score (nSPS) is 16.9. The predicted octanol–water partition coefficient (Wildman–Crippen LogP) is 5.55. The molecule has 0 N–H and O–H groups in total. The van der Waals surface area contributed by atoms with Crippen molar-refractivity contribution in [2.45, 2.75) is 19.8 Å². The minimum Gasteiger partial charge on any atom is -0.0767 e. The molecule has 0 fully saturated rings. The molecule has 0 radical (unpaired) electrons. The summed E-state index contributed by atoms with van der Waals surface area (Å²) >= 11 is 3.69. The van der Waals surface area contributed by atoms with Gasteiger partial charge in [0.25, 0.3) is 0 Å². The second-order valence-electron chi connectivity index (χ2n) is 4.97. The summed E-state index contributed by atoms with van der Waals surface area (Å²) in [5, 5.41) is 0. The van der Waals surface area contributed by atoms with Gasteiger partial charge in [0.1, 0.15) is 0 Å². The number of benzene rings is 2. The van der Waals surface area contributed by atoms with Crippen molar-refractivity contribution in [1.29, 1.82) is 0 Å². The quantitative estimate of drug-likeness (QED) is 0.647. The summed E-state index contributed by atoms with van der Waals surface area (Å²) in [6, 6.07) is 13.2. The highest BCUT2D eigenvalue weighted by Gasteiger charge is 2.16. The van der Waals surface area contributed by atoms with Crippen molar-refractivity contribution in [1.82, 2.24) is 0 Å². The molecule has 0 aliphatic heterocycles. The third-order valence-electron chi connectivity index (χ3n) is 3.59. The number of fused-ring (bicyclic) bond motifs is 1. The molecule has 2 aromatic carbocycles. The van der Waals surface area contributed by atoms with E-state index < -0.39 is 0 Å². The highest BCUT2D eigenvalue weighted by atomic mass is 79.9. The number of halogens is 1. The third kappa shape index (κ3) is 1.93. The van der Waals surface area contributed by atoms with Crippen LogP contribution in [0.5, 0.6) is 0 Å². The van der Waals surface area contributed by atoms with Gasteiger partial charge in [-0.25, -0.2) is 0 Å². The van der Waals surface area contributed by atoms with E-state index in [1.165, 1.54) is 32.3 Å². The van der Waals surface area contributed by atoms with Crippen LogP contribution < -0.4 is 0 Å². The van der Waals surface area contributed by atoms with Gasteiger partial charge in [0, 0.05) is 4.47 Å². The highest BCUT2D eigenvalue weighted by Crippen LogP contribution is 2.37. The Morgan fingerprint density at radius 1 is 1.06 bits per heavy atom. The van der Waals surface area contributed by atoms with E-state index in [0.717, 1.165) is 0 Å². The number of hydrogen-bond acceptors (Lipinski definition) is 0. The third-order valence-corrected chi connectivity index (χ3v) is 4.25. The Kier molecular flexibility index (Phi) is 2.87. The van der Waals surface area contributed by atoms with E-state index in [0.29, 0.717) is 5.92 Å². The molecule has 0 saturated heterocycles. The molecule has 3 rings (SSSR count). The second kappa shape index (κ2) is 4.40. The lowest BCUT2D eigenvalue weighted by molar-refractivity contribution is 0.990. The van der Waals surface area contributed by atoms with Crippen LogP contribution in [0.2, 0.25) is 0 Å². The lowest BCUT2D eigenvalue weighted by Crippen LogP contribution is -1.90. The molecule has 0 heterocycles. The fourth-order valence-corrected chi connectivity index (χ4v) is 3.04. The van der Waals surface area contributed by atoms with Gasteiger partial charge in [0.2, 0.25) is 0 Å². The molecular weight excluding hydrogens is 284 g/mol. The summed E-state index contributed by atoms with van der Waals surface area (Å²) in [6.45, 7) is 4.36. The minimum atomic E-state index is 0.525. The van der Waals surface area contributed by atoms with Gasteiger partial charge in [0.15, 0.2) is 0 Å². The van der Waals surface area contributed by atoms with Gasteiger partial charge in [0.05, 0.1) is 0 Å². The fourth-order valence-electron chi connectivity index (χ4n) is 2.45. The molecule has 0 aromatic heterocycles. The zero-order valence-electron chi connectivity index (χ0n) is 10.6. The molecule has 18 heavy (non-hydrogen) atoms. The van der Waals surface area contributed by atoms with Crippen LogP contribution in [0.15, 0.2) is 46.9 Å². The number of aryl methyl sites for hydroxylation is 1. The first-order valence-electron chi connectivity index (χ1n) is 6.24. The lowest BCUT2D eigenvalue weighted by atomic mass is 9.96. The number of rotatable bonds is 1. The standard InChI is InChI=1S/C17H15Br/c1-11-3-6-13(7-4-11)16-10-15-12(2)5-8-14(15)9-17(16)18/h3-10,12H,1-2H3. The van der Waals surface area contributed by atoms with E-state index in [-0.39, 0.29) is 0 Å². The van der Waals surface area contributed by atoms with Crippen molar-refractivity contribution >= 4 is 22.0 Å². The summed E-state index contributed by atoms with van der Waals surface area (Å²) < 4.78 is 1.17. The van der Waals surface area contributed by atoms with Crippen LogP contribution in [0, 0.1) is 6.92 Å². The van der Waals surface area contributed by atoms with Crippen molar-refractivity contribution in [3.05, 3.63) is 63.6 Å². The van der Waals surface area contributed by atoms with Gasteiger partial charge in [-0.15, -0.1) is 0 Å². The van der Waals surface area contributed by atoms with E-state index in [9.17, 15) is 0 Å². The topological polar surface area (TPSA) is 0 Å². The molecule has 0 saturated carbocycles. The fraction of sp³-hybridized carbons (Fsp3) is 0.176. The molecule has 0 bridgehead atoms. The molecule has 1 unspecified atom stereocenters. The number of allylic oxidation sites excluding steroid dienone is 1. The molecular formula is C17H15Br. The number of hydrogen-bond donors (Lipinski definition) is 0. The maximum absolute atomic E-state index is 3.69. The van der Waals surface area contributed by atoms with Crippen molar-refractivity contribution in [3.8, 4) is 11.1 Å². The van der Waals surface area contributed by atoms with Crippen molar-refractivity contribution in [2.24, 2.45) is 0 Å². The van der Waals surface area contributed by atoms with Gasteiger partial charge in [-0.2, -0.15) is 0 Å². The molecule has 1 aliphatic rings. The maximum atomic E-state index is 3.69. The van der Waals surface area contributed by atoms with Crippen LogP contribution >= 0.6 is 15.9 Å². The Labute approximate surface area is 116 Å². The molecule has 2 aromatic rings.